The molecule has 0 saturated carbocycles. The van der Waals surface area contributed by atoms with E-state index in [4.69, 9.17) is 26.8 Å². The molecule has 3 atom stereocenters. The van der Waals surface area contributed by atoms with Crippen molar-refractivity contribution in [3.63, 3.8) is 0 Å². The van der Waals surface area contributed by atoms with Gasteiger partial charge in [0.25, 0.3) is 0 Å². The van der Waals surface area contributed by atoms with Crippen LogP contribution in [-0.2, 0) is 30.6 Å². The van der Waals surface area contributed by atoms with Crippen molar-refractivity contribution in [2.75, 3.05) is 13.7 Å². The summed E-state index contributed by atoms with van der Waals surface area (Å²) in [5.74, 6) is 1.19. The first-order valence-electron chi connectivity index (χ1n) is 15.5. The molecule has 1 saturated heterocycles. The highest BCUT2D eigenvalue weighted by atomic mass is 35.5. The van der Waals surface area contributed by atoms with E-state index < -0.39 is 0 Å². The number of nitrogens with zero attached hydrogens (tertiary/aromatic N) is 1. The van der Waals surface area contributed by atoms with E-state index in [1.54, 1.807) is 7.11 Å². The monoisotopic (exact) mass is 608 g/mol. The number of amides is 1. The van der Waals surface area contributed by atoms with Crippen LogP contribution in [0.3, 0.4) is 0 Å². The lowest BCUT2D eigenvalue weighted by atomic mass is 9.93. The van der Waals surface area contributed by atoms with E-state index in [0.29, 0.717) is 31.3 Å². The van der Waals surface area contributed by atoms with Crippen molar-refractivity contribution < 1.29 is 14.3 Å². The quantitative estimate of drug-likeness (QED) is 0.218. The summed E-state index contributed by atoms with van der Waals surface area (Å²) in [6, 6.07) is 23.6. The highest BCUT2D eigenvalue weighted by Crippen LogP contribution is 2.44. The Balaban J connectivity index is 1.09. The van der Waals surface area contributed by atoms with Crippen LogP contribution >= 0.6 is 11.6 Å². The van der Waals surface area contributed by atoms with Crippen LogP contribution in [0, 0.1) is 0 Å². The van der Waals surface area contributed by atoms with Crippen molar-refractivity contribution in [2.24, 2.45) is 5.73 Å². The van der Waals surface area contributed by atoms with Gasteiger partial charge in [0.05, 0.1) is 12.1 Å². The molecule has 1 fully saturated rings. The molecule has 1 amide bonds. The number of aromatic nitrogens is 1. The summed E-state index contributed by atoms with van der Waals surface area (Å²) in [6.45, 7) is 1.31. The van der Waals surface area contributed by atoms with Gasteiger partial charge in [-0.15, -0.1) is 0 Å². The maximum absolute atomic E-state index is 11.5. The van der Waals surface area contributed by atoms with Crippen molar-refractivity contribution >= 4 is 17.5 Å². The molecule has 7 rings (SSSR count). The number of rotatable bonds is 9. The predicted octanol–water partition coefficient (Wildman–Crippen LogP) is 5.94. The van der Waals surface area contributed by atoms with Gasteiger partial charge < -0.3 is 25.8 Å². The number of carbonyl (C=O) groups is 1. The van der Waals surface area contributed by atoms with Crippen molar-refractivity contribution in [1.29, 1.82) is 0 Å². The molecule has 0 bridgehead atoms. The summed E-state index contributed by atoms with van der Waals surface area (Å²) in [5.41, 5.74) is 16.6. The summed E-state index contributed by atoms with van der Waals surface area (Å²) in [6.07, 6.45) is 4.95. The average Bonchev–Trinajstić information content (AvgIpc) is 3.75. The molecule has 4 N–H and O–H groups in total. The van der Waals surface area contributed by atoms with Gasteiger partial charge in [-0.3, -0.25) is 4.79 Å². The van der Waals surface area contributed by atoms with E-state index in [2.05, 4.69) is 70.2 Å². The second kappa shape index (κ2) is 12.2. The minimum absolute atomic E-state index is 0.111. The summed E-state index contributed by atoms with van der Waals surface area (Å²) in [7, 11) is 1.62. The molecule has 1 aromatic heterocycles. The predicted molar refractivity (Wildman–Crippen MR) is 173 cm³/mol. The van der Waals surface area contributed by atoms with Gasteiger partial charge in [-0.1, -0.05) is 66.2 Å². The van der Waals surface area contributed by atoms with Crippen LogP contribution in [0.2, 0.25) is 5.02 Å². The lowest BCUT2D eigenvalue weighted by Gasteiger charge is -2.18. The van der Waals surface area contributed by atoms with E-state index in [1.807, 2.05) is 12.1 Å². The number of benzene rings is 3. The second-order valence-electron chi connectivity index (χ2n) is 12.1. The largest absolute Gasteiger partial charge is 0.481 e. The average molecular weight is 609 g/mol. The van der Waals surface area contributed by atoms with Gasteiger partial charge in [0.15, 0.2) is 0 Å². The van der Waals surface area contributed by atoms with Gasteiger partial charge in [-0.2, -0.15) is 4.98 Å². The van der Waals surface area contributed by atoms with E-state index in [1.165, 1.54) is 22.3 Å². The Morgan fingerprint density at radius 1 is 0.977 bits per heavy atom. The Morgan fingerprint density at radius 3 is 2.64 bits per heavy atom. The molecule has 3 aromatic carbocycles. The topological polar surface area (TPSA) is 98.5 Å². The zero-order valence-electron chi connectivity index (χ0n) is 24.9. The molecule has 2 heterocycles. The molecule has 0 radical (unpaired) electrons. The highest BCUT2D eigenvalue weighted by Gasteiger charge is 2.28. The third-order valence-electron chi connectivity index (χ3n) is 9.15. The normalized spacial score (nSPS) is 20.3. The Morgan fingerprint density at radius 2 is 1.80 bits per heavy atom. The fourth-order valence-electron chi connectivity index (χ4n) is 6.96. The molecule has 2 aliphatic carbocycles. The minimum atomic E-state index is -0.111. The molecule has 7 nitrogen and oxygen atoms in total. The Bertz CT molecular complexity index is 1720. The molecule has 0 unspecified atom stereocenters. The van der Waals surface area contributed by atoms with Crippen LogP contribution in [0.5, 0.6) is 11.8 Å². The number of methoxy groups -OCH3 is 1. The molecule has 4 aromatic rings. The van der Waals surface area contributed by atoms with Gasteiger partial charge in [-0.25, -0.2) is 0 Å². The maximum Gasteiger partial charge on any atom is 0.220 e. The van der Waals surface area contributed by atoms with Crippen LogP contribution in [0.15, 0.2) is 66.7 Å². The van der Waals surface area contributed by atoms with Crippen molar-refractivity contribution in [3.05, 3.63) is 99.6 Å². The fraction of sp³-hybridized carbons (Fsp3) is 0.333. The summed E-state index contributed by atoms with van der Waals surface area (Å²) in [4.78, 5) is 16.1. The molecular formula is C36H37ClN4O3. The lowest BCUT2D eigenvalue weighted by Crippen LogP contribution is -2.35. The number of carbonyl (C=O) groups excluding carboxylic acids is 1. The number of fused-ring (bicyclic) bond motifs is 2. The number of halogens is 1. The zero-order valence-corrected chi connectivity index (χ0v) is 25.6. The van der Waals surface area contributed by atoms with Crippen molar-refractivity contribution in [2.45, 2.75) is 63.3 Å². The molecule has 0 spiro atoms. The van der Waals surface area contributed by atoms with Gasteiger partial charge in [0, 0.05) is 54.4 Å². The van der Waals surface area contributed by atoms with Gasteiger partial charge in [-0.05, 0) is 71.6 Å². The Kier molecular flexibility index (Phi) is 8.02. The zero-order chi connectivity index (χ0) is 30.2. The van der Waals surface area contributed by atoms with E-state index in [0.717, 1.165) is 64.9 Å². The standard InChI is InChI=1S/C36H37ClN4O3/c1-43-36-23(19-39-20-26-11-14-33(42)40-26)10-15-34(41-36)44-32-13-12-29-28(5-3-6-30(29)32)31-7-2-4-27(35(31)37)22-9-8-21-17-25(38)18-24(21)16-22/h2-10,15-16,25-26,32,39H,11-14,17-20,38H2,1H3,(H,40,42)/t25-,26-,32-/m0/s1. The molecular weight excluding hydrogens is 572 g/mol. The highest BCUT2D eigenvalue weighted by molar-refractivity contribution is 6.36. The van der Waals surface area contributed by atoms with E-state index >= 15 is 0 Å². The van der Waals surface area contributed by atoms with E-state index in [9.17, 15) is 4.79 Å². The van der Waals surface area contributed by atoms with Gasteiger partial charge >= 0.3 is 0 Å². The number of ether oxygens (including phenoxy) is 2. The first kappa shape index (κ1) is 28.8. The molecule has 226 valence electrons. The smallest absolute Gasteiger partial charge is 0.220 e. The van der Waals surface area contributed by atoms with Gasteiger partial charge in [0.2, 0.25) is 17.7 Å². The molecule has 8 heteroatoms. The summed E-state index contributed by atoms with van der Waals surface area (Å²) in [5, 5.41) is 7.15. The first-order chi connectivity index (χ1) is 21.5. The molecule has 44 heavy (non-hydrogen) atoms. The second-order valence-corrected chi connectivity index (χ2v) is 12.5. The lowest BCUT2D eigenvalue weighted by molar-refractivity contribution is -0.119. The van der Waals surface area contributed by atoms with Gasteiger partial charge in [0.1, 0.15) is 6.10 Å². The van der Waals surface area contributed by atoms with Crippen LogP contribution in [-0.4, -0.2) is 36.6 Å². The third-order valence-corrected chi connectivity index (χ3v) is 9.55. The fourth-order valence-corrected chi connectivity index (χ4v) is 7.30. The first-order valence-corrected chi connectivity index (χ1v) is 15.8. The maximum atomic E-state index is 11.5. The van der Waals surface area contributed by atoms with E-state index in [-0.39, 0.29) is 24.1 Å². The van der Waals surface area contributed by atoms with Crippen molar-refractivity contribution in [3.8, 4) is 34.0 Å². The number of pyridine rings is 1. The van der Waals surface area contributed by atoms with Crippen LogP contribution in [0.4, 0.5) is 0 Å². The number of nitrogens with one attached hydrogen (secondary N) is 2. The summed E-state index contributed by atoms with van der Waals surface area (Å²) < 4.78 is 12.1. The SMILES string of the molecule is COc1nc(O[C@H]2CCc3c(-c4cccc(-c5ccc6c(c5)C[C@@H](N)C6)c4Cl)cccc32)ccc1CNC[C@@H]1CCC(=O)N1. The van der Waals surface area contributed by atoms with Crippen LogP contribution in [0.1, 0.15) is 53.2 Å². The Labute approximate surface area is 263 Å². The summed E-state index contributed by atoms with van der Waals surface area (Å²) >= 11 is 7.15. The van der Waals surface area contributed by atoms with Crippen LogP contribution in [0.25, 0.3) is 22.3 Å². The molecule has 3 aliphatic rings. The van der Waals surface area contributed by atoms with Crippen LogP contribution < -0.4 is 25.8 Å². The third kappa shape index (κ3) is 5.68. The Hall–Kier alpha value is -3.91. The van der Waals surface area contributed by atoms with Crippen molar-refractivity contribution in [1.82, 2.24) is 15.6 Å². The molecule has 1 aliphatic heterocycles. The number of hydrogen-bond donors (Lipinski definition) is 3. The number of hydrogen-bond acceptors (Lipinski definition) is 6. The minimum Gasteiger partial charge on any atom is -0.481 e. The number of nitrogens with two attached hydrogens (primary N) is 1.